The summed E-state index contributed by atoms with van der Waals surface area (Å²) >= 11 is 0. The van der Waals surface area contributed by atoms with E-state index >= 15 is 0 Å². The zero-order chi connectivity index (χ0) is 17.6. The minimum absolute atomic E-state index is 0.104. The van der Waals surface area contributed by atoms with Crippen LogP contribution in [-0.2, 0) is 6.54 Å². The lowest BCUT2D eigenvalue weighted by atomic mass is 10.2. The molecule has 1 aromatic carbocycles. The van der Waals surface area contributed by atoms with Gasteiger partial charge in [-0.1, -0.05) is 6.07 Å². The molecule has 3 aromatic rings. The average molecular weight is 340 g/mol. The molecule has 5 nitrogen and oxygen atoms in total. The maximum Gasteiger partial charge on any atom is 0.270 e. The fourth-order valence-corrected chi connectivity index (χ4v) is 2.14. The number of hydrogen-bond donors (Lipinski definition) is 2. The van der Waals surface area contributed by atoms with E-state index in [1.165, 1.54) is 18.3 Å². The maximum absolute atomic E-state index is 13.7. The van der Waals surface area contributed by atoms with E-state index in [2.05, 4.69) is 20.6 Å². The van der Waals surface area contributed by atoms with Crippen molar-refractivity contribution in [2.24, 2.45) is 0 Å². The second-order valence-electron chi connectivity index (χ2n) is 5.18. The van der Waals surface area contributed by atoms with Crippen molar-refractivity contribution in [3.63, 3.8) is 0 Å². The van der Waals surface area contributed by atoms with Gasteiger partial charge in [-0.25, -0.2) is 8.78 Å². The fraction of sp³-hybridized carbons (Fsp3) is 0.0556. The fourth-order valence-electron chi connectivity index (χ4n) is 2.14. The van der Waals surface area contributed by atoms with Gasteiger partial charge >= 0.3 is 0 Å². The number of nitrogens with zero attached hydrogens (tertiary/aromatic N) is 2. The van der Waals surface area contributed by atoms with Crippen molar-refractivity contribution in [3.05, 3.63) is 83.9 Å². The van der Waals surface area contributed by atoms with E-state index in [1.807, 2.05) is 6.07 Å². The number of aromatic nitrogens is 2. The minimum atomic E-state index is -0.724. The third-order valence-electron chi connectivity index (χ3n) is 3.36. The second kappa shape index (κ2) is 7.48. The Bertz CT molecular complexity index is 887. The molecule has 0 saturated carbocycles. The Kier molecular flexibility index (Phi) is 4.94. The summed E-state index contributed by atoms with van der Waals surface area (Å²) in [6, 6.07) is 11.7. The highest BCUT2D eigenvalue weighted by Crippen LogP contribution is 2.20. The van der Waals surface area contributed by atoms with Crippen molar-refractivity contribution in [1.82, 2.24) is 15.3 Å². The Morgan fingerprint density at radius 3 is 2.64 bits per heavy atom. The summed E-state index contributed by atoms with van der Waals surface area (Å²) < 4.78 is 26.6. The number of carbonyl (C=O) groups excluding carboxylic acids is 1. The van der Waals surface area contributed by atoms with Crippen LogP contribution in [0.3, 0.4) is 0 Å². The lowest BCUT2D eigenvalue weighted by Gasteiger charge is -2.09. The number of nitrogens with one attached hydrogen (secondary N) is 2. The predicted octanol–water partition coefficient (Wildman–Crippen LogP) is 3.43. The molecule has 0 saturated heterocycles. The molecule has 0 radical (unpaired) electrons. The van der Waals surface area contributed by atoms with Gasteiger partial charge < -0.3 is 10.6 Å². The quantitative estimate of drug-likeness (QED) is 0.747. The molecule has 2 heterocycles. The normalized spacial score (nSPS) is 10.3. The van der Waals surface area contributed by atoms with Gasteiger partial charge in [-0.3, -0.25) is 14.8 Å². The van der Waals surface area contributed by atoms with Crippen LogP contribution in [0.15, 0.2) is 60.9 Å². The minimum Gasteiger partial charge on any atom is -0.353 e. The molecule has 0 fully saturated rings. The summed E-state index contributed by atoms with van der Waals surface area (Å²) in [7, 11) is 0. The van der Waals surface area contributed by atoms with Crippen molar-refractivity contribution >= 4 is 17.3 Å². The molecule has 2 N–H and O–H groups in total. The van der Waals surface area contributed by atoms with Crippen LogP contribution in [0.4, 0.5) is 20.2 Å². The molecular weight excluding hydrogens is 326 g/mol. The lowest BCUT2D eigenvalue weighted by Crippen LogP contribution is -2.24. The second-order valence-corrected chi connectivity index (χ2v) is 5.18. The third kappa shape index (κ3) is 4.35. The molecule has 2 aromatic heterocycles. The topological polar surface area (TPSA) is 66.9 Å². The van der Waals surface area contributed by atoms with Gasteiger partial charge in [0.25, 0.3) is 5.91 Å². The summed E-state index contributed by atoms with van der Waals surface area (Å²) in [5.41, 5.74) is 1.46. The number of carbonyl (C=O) groups is 1. The highest BCUT2D eigenvalue weighted by molar-refractivity contribution is 5.93. The molecule has 25 heavy (non-hydrogen) atoms. The molecule has 0 bridgehead atoms. The summed E-state index contributed by atoms with van der Waals surface area (Å²) in [5, 5.41) is 5.50. The van der Waals surface area contributed by atoms with E-state index < -0.39 is 11.6 Å². The van der Waals surface area contributed by atoms with Crippen LogP contribution in [0.1, 0.15) is 16.2 Å². The van der Waals surface area contributed by atoms with Crippen LogP contribution in [0.25, 0.3) is 0 Å². The van der Waals surface area contributed by atoms with Crippen LogP contribution in [0.5, 0.6) is 0 Å². The summed E-state index contributed by atoms with van der Waals surface area (Å²) in [5.74, 6) is -1.76. The van der Waals surface area contributed by atoms with Gasteiger partial charge in [-0.2, -0.15) is 0 Å². The smallest absolute Gasteiger partial charge is 0.270 e. The number of amides is 1. The van der Waals surface area contributed by atoms with Crippen LogP contribution in [0, 0.1) is 11.6 Å². The van der Waals surface area contributed by atoms with Crippen LogP contribution < -0.4 is 10.6 Å². The van der Waals surface area contributed by atoms with Crippen molar-refractivity contribution in [3.8, 4) is 0 Å². The lowest BCUT2D eigenvalue weighted by molar-refractivity contribution is 0.0945. The average Bonchev–Trinajstić information content (AvgIpc) is 2.63. The van der Waals surface area contributed by atoms with E-state index in [9.17, 15) is 13.6 Å². The third-order valence-corrected chi connectivity index (χ3v) is 3.36. The number of anilines is 2. The van der Waals surface area contributed by atoms with Crippen LogP contribution >= 0.6 is 0 Å². The molecule has 0 atom stereocenters. The Balaban J connectivity index is 1.69. The van der Waals surface area contributed by atoms with Crippen molar-refractivity contribution in [2.75, 3.05) is 5.32 Å². The molecule has 126 valence electrons. The van der Waals surface area contributed by atoms with Crippen LogP contribution in [0.2, 0.25) is 0 Å². The van der Waals surface area contributed by atoms with Gasteiger partial charge in [-0.15, -0.1) is 0 Å². The number of pyridine rings is 2. The first-order valence-electron chi connectivity index (χ1n) is 7.48. The molecule has 7 heteroatoms. The first-order valence-corrected chi connectivity index (χ1v) is 7.48. The Morgan fingerprint density at radius 2 is 1.88 bits per heavy atom. The predicted molar refractivity (Wildman–Crippen MR) is 89.3 cm³/mol. The summed E-state index contributed by atoms with van der Waals surface area (Å²) in [4.78, 5) is 20.3. The van der Waals surface area contributed by atoms with Gasteiger partial charge in [0.2, 0.25) is 0 Å². The van der Waals surface area contributed by atoms with E-state index in [1.54, 1.807) is 24.4 Å². The molecule has 0 aliphatic heterocycles. The molecule has 0 aliphatic carbocycles. The van der Waals surface area contributed by atoms with E-state index in [0.29, 0.717) is 5.69 Å². The summed E-state index contributed by atoms with van der Waals surface area (Å²) in [6.45, 7) is 0.269. The Labute approximate surface area is 142 Å². The SMILES string of the molecule is O=C(NCc1ccccn1)c1cc(Nc2ccc(F)cc2F)ccn1. The summed E-state index contributed by atoms with van der Waals surface area (Å²) in [6.07, 6.45) is 3.07. The molecule has 3 rings (SSSR count). The van der Waals surface area contributed by atoms with E-state index in [4.69, 9.17) is 0 Å². The molecule has 0 aliphatic rings. The highest BCUT2D eigenvalue weighted by Gasteiger charge is 2.09. The maximum atomic E-state index is 13.7. The number of hydrogen-bond acceptors (Lipinski definition) is 4. The largest absolute Gasteiger partial charge is 0.353 e. The first kappa shape index (κ1) is 16.5. The number of rotatable bonds is 5. The van der Waals surface area contributed by atoms with Gasteiger partial charge in [0.05, 0.1) is 17.9 Å². The van der Waals surface area contributed by atoms with E-state index in [0.717, 1.165) is 17.8 Å². The molecule has 0 unspecified atom stereocenters. The Hall–Kier alpha value is -3.35. The highest BCUT2D eigenvalue weighted by atomic mass is 19.1. The first-order chi connectivity index (χ1) is 12.1. The molecule has 0 spiro atoms. The molecule has 1 amide bonds. The zero-order valence-electron chi connectivity index (χ0n) is 13.0. The standard InChI is InChI=1S/C18H14F2N4O/c19-12-4-5-16(15(20)9-12)24-13-6-8-22-17(10-13)18(25)23-11-14-3-1-2-7-21-14/h1-10H,11H2,(H,22,24)(H,23,25). The number of benzene rings is 1. The van der Waals surface area contributed by atoms with Gasteiger partial charge in [0.15, 0.2) is 0 Å². The number of halogens is 2. The van der Waals surface area contributed by atoms with E-state index in [-0.39, 0.29) is 23.8 Å². The van der Waals surface area contributed by atoms with Gasteiger partial charge in [0, 0.05) is 24.1 Å². The zero-order valence-corrected chi connectivity index (χ0v) is 13.0. The molecular formula is C18H14F2N4O. The van der Waals surface area contributed by atoms with Crippen molar-refractivity contribution < 1.29 is 13.6 Å². The van der Waals surface area contributed by atoms with Crippen LogP contribution in [-0.4, -0.2) is 15.9 Å². The Morgan fingerprint density at radius 1 is 1.00 bits per heavy atom. The van der Waals surface area contributed by atoms with Gasteiger partial charge in [0.1, 0.15) is 17.3 Å². The monoisotopic (exact) mass is 340 g/mol. The van der Waals surface area contributed by atoms with Gasteiger partial charge in [-0.05, 0) is 36.4 Å². The van der Waals surface area contributed by atoms with Crippen molar-refractivity contribution in [2.45, 2.75) is 6.54 Å². The van der Waals surface area contributed by atoms with Crippen molar-refractivity contribution in [1.29, 1.82) is 0 Å².